The summed E-state index contributed by atoms with van der Waals surface area (Å²) < 4.78 is 71.7. The molecule has 0 bridgehead atoms. The Bertz CT molecular complexity index is 2580. The monoisotopic (exact) mass is 1320 g/mol. The number of carbonyl (C=O) groups is 1. The normalized spacial score (nSPS) is 54.3. The fourth-order valence-electron chi connectivity index (χ4n) is 18.6. The Labute approximate surface area is 534 Å². The molecule has 0 amide bonds. The van der Waals surface area contributed by atoms with Crippen LogP contribution in [-0.4, -0.2) is 293 Å². The number of aliphatic hydroxyl groups excluding tert-OH is 16. The van der Waals surface area contributed by atoms with Gasteiger partial charge in [0.05, 0.1) is 50.7 Å². The van der Waals surface area contributed by atoms with Gasteiger partial charge in [-0.3, -0.25) is 4.79 Å². The lowest BCUT2D eigenvalue weighted by molar-refractivity contribution is -0.378. The maximum atomic E-state index is 15.5. The maximum Gasteiger partial charge on any atom is 0.315 e. The van der Waals surface area contributed by atoms with Gasteiger partial charge in [0.15, 0.2) is 37.6 Å². The zero-order valence-corrected chi connectivity index (χ0v) is 53.5. The van der Waals surface area contributed by atoms with Crippen molar-refractivity contribution in [3.63, 3.8) is 0 Å². The number of hydrogen-bond acceptors (Lipinski definition) is 29. The van der Waals surface area contributed by atoms with Crippen molar-refractivity contribution in [3.8, 4) is 0 Å². The summed E-state index contributed by atoms with van der Waals surface area (Å²) in [6, 6.07) is 0. The summed E-state index contributed by atoms with van der Waals surface area (Å²) in [4.78, 5) is 15.5. The molecule has 6 heterocycles. The molecule has 528 valence electrons. The van der Waals surface area contributed by atoms with E-state index in [-0.39, 0.29) is 39.4 Å². The van der Waals surface area contributed by atoms with E-state index in [2.05, 4.69) is 54.5 Å². The molecule has 6 saturated heterocycles. The molecular formula is C63H102O29. The molecule has 29 heteroatoms. The largest absolute Gasteiger partial charge is 0.432 e. The van der Waals surface area contributed by atoms with Crippen LogP contribution in [0.5, 0.6) is 0 Å². The third-order valence-corrected chi connectivity index (χ3v) is 24.4. The van der Waals surface area contributed by atoms with Gasteiger partial charge in [-0.05, 0) is 116 Å². The standard InChI is InChI=1S/C63H102O29/c1-25-47(88-52-46(79)48(30(68)24-82-52)89-51-43(76)36(69)28(66)22-81-51)42(75)45(78)53(84-25)90-49-37(70)29(67)23-83-55(49)92-57(80)63-17-15-58(2,3)19-27(63)26-9-10-34-60(6)13-12-35(59(4,5)33(60)11-14-62(34,8)61(26,7)16-18-63)87-56-50(41(74)39(72)32(21-65)86-56)91-54-44(77)40(73)38(71)31(20-64)85-54/h9,25,27-56,64-79H,10-24H2,1-8H3/t25-,27-,28+,29-,30+,31+,32+,33-,34+,35-,36-,37-,38+,39+,40-,41-,42-,43+,44+,45+,46+,47-,48-,49+,50+,51-,52-,53-,54-,55-,56-,60-,61+,62+,63-/m0/s1. The van der Waals surface area contributed by atoms with Gasteiger partial charge in [-0.1, -0.05) is 60.1 Å². The second kappa shape index (κ2) is 26.7. The average Bonchev–Trinajstić information content (AvgIpc) is 0.676. The summed E-state index contributed by atoms with van der Waals surface area (Å²) in [5.41, 5.74) is -1.45. The highest BCUT2D eigenvalue weighted by atomic mass is 16.8. The van der Waals surface area contributed by atoms with Crippen molar-refractivity contribution in [2.45, 2.75) is 292 Å². The van der Waals surface area contributed by atoms with Gasteiger partial charge in [0.1, 0.15) is 116 Å². The molecule has 0 spiro atoms. The van der Waals surface area contributed by atoms with Crippen LogP contribution in [0.3, 0.4) is 0 Å². The molecule has 35 atom stereocenters. The molecular weight excluding hydrogens is 1220 g/mol. The lowest BCUT2D eigenvalue weighted by Crippen LogP contribution is -2.67. The van der Waals surface area contributed by atoms with E-state index in [1.807, 2.05) is 0 Å². The Morgan fingerprint density at radius 1 is 0.489 bits per heavy atom. The maximum absolute atomic E-state index is 15.5. The number of esters is 1. The third kappa shape index (κ3) is 12.2. The van der Waals surface area contributed by atoms with Crippen LogP contribution in [0.25, 0.3) is 0 Å². The summed E-state index contributed by atoms with van der Waals surface area (Å²) in [5.74, 6) is -0.582. The zero-order valence-electron chi connectivity index (χ0n) is 53.5. The van der Waals surface area contributed by atoms with Gasteiger partial charge in [-0.15, -0.1) is 0 Å². The minimum absolute atomic E-state index is 0.0832. The van der Waals surface area contributed by atoms with Crippen LogP contribution in [0.15, 0.2) is 11.6 Å². The number of rotatable bonds is 14. The topological polar surface area (TPSA) is 452 Å². The third-order valence-electron chi connectivity index (χ3n) is 24.4. The van der Waals surface area contributed by atoms with Crippen molar-refractivity contribution >= 4 is 5.97 Å². The Kier molecular flexibility index (Phi) is 20.7. The minimum Gasteiger partial charge on any atom is -0.432 e. The van der Waals surface area contributed by atoms with E-state index in [0.29, 0.717) is 38.5 Å². The van der Waals surface area contributed by atoms with Gasteiger partial charge in [-0.2, -0.15) is 0 Å². The Hall–Kier alpha value is -1.87. The molecule has 0 aromatic carbocycles. The first kappa shape index (κ1) is 71.4. The molecule has 4 saturated carbocycles. The quantitative estimate of drug-likeness (QED) is 0.0457. The second-order valence-corrected chi connectivity index (χ2v) is 30.5. The molecule has 10 fully saturated rings. The van der Waals surface area contributed by atoms with Crippen molar-refractivity contribution in [2.24, 2.45) is 50.2 Å². The van der Waals surface area contributed by atoms with Gasteiger partial charge in [0.25, 0.3) is 0 Å². The Balaban J connectivity index is 0.779. The molecule has 16 N–H and O–H groups in total. The highest BCUT2D eigenvalue weighted by molar-refractivity contribution is 5.79. The van der Waals surface area contributed by atoms with Crippen molar-refractivity contribution in [1.82, 2.24) is 0 Å². The van der Waals surface area contributed by atoms with E-state index < -0.39 is 222 Å². The lowest BCUT2D eigenvalue weighted by atomic mass is 9.33. The van der Waals surface area contributed by atoms with Gasteiger partial charge >= 0.3 is 5.97 Å². The highest BCUT2D eigenvalue weighted by Crippen LogP contribution is 2.76. The highest BCUT2D eigenvalue weighted by Gasteiger charge is 2.71. The number of fused-ring (bicyclic) bond motifs is 7. The molecule has 5 aliphatic carbocycles. The number of ether oxygens (including phenoxy) is 12. The SMILES string of the molecule is C[C@@H]1O[C@@H](O[C@H]2[C@H](OC(=O)[C@]34CCC(C)(C)C[C@H]3C3=CC[C@@H]5[C@@]6(C)CC[C@H](O[C@@H]7O[C@H](CO)[C@@H](O)[C@H](O)[C@H]7O[C@@H]7O[C@H](CO)[C@@H](O)[C@H](O)[C@H]7O)C(C)(C)[C@@H]6CC[C@@]5(C)[C@]3(C)CC4)OC[C@H](O)[C@@H]2O)[C@H](O)[C@H](O)[C@H]1O[C@@H]1OC[C@@H](O)[C@H](O[C@@H]2OC[C@@H](O)[C@H](O)[C@H]2O)[C@H]1O. The Morgan fingerprint density at radius 3 is 1.67 bits per heavy atom. The molecule has 0 aromatic rings. The van der Waals surface area contributed by atoms with Crippen molar-refractivity contribution in [1.29, 1.82) is 0 Å². The van der Waals surface area contributed by atoms with E-state index in [9.17, 15) is 81.7 Å². The summed E-state index contributed by atoms with van der Waals surface area (Å²) in [7, 11) is 0. The summed E-state index contributed by atoms with van der Waals surface area (Å²) >= 11 is 0. The van der Waals surface area contributed by atoms with E-state index in [4.69, 9.17) is 56.8 Å². The van der Waals surface area contributed by atoms with Crippen molar-refractivity contribution < 1.29 is 143 Å². The molecule has 29 nitrogen and oxygen atoms in total. The van der Waals surface area contributed by atoms with Gasteiger partial charge in [0, 0.05) is 0 Å². The first-order valence-electron chi connectivity index (χ1n) is 32.9. The molecule has 0 radical (unpaired) electrons. The fourth-order valence-corrected chi connectivity index (χ4v) is 18.6. The van der Waals surface area contributed by atoms with Crippen LogP contribution in [-0.2, 0) is 61.6 Å². The lowest BCUT2D eigenvalue weighted by Gasteiger charge is -2.71. The Morgan fingerprint density at radius 2 is 1.01 bits per heavy atom. The summed E-state index contributed by atoms with van der Waals surface area (Å²) in [6.45, 7) is 14.6. The predicted molar refractivity (Wildman–Crippen MR) is 309 cm³/mol. The molecule has 6 aliphatic heterocycles. The fraction of sp³-hybridized carbons (Fsp3) is 0.952. The van der Waals surface area contributed by atoms with E-state index in [1.165, 1.54) is 12.5 Å². The number of allylic oxidation sites excluding steroid dienone is 2. The number of hydrogen-bond donors (Lipinski definition) is 16. The molecule has 92 heavy (non-hydrogen) atoms. The van der Waals surface area contributed by atoms with Gasteiger partial charge in [-0.25, -0.2) is 0 Å². The number of aliphatic hydroxyl groups is 16. The first-order valence-corrected chi connectivity index (χ1v) is 32.9. The van der Waals surface area contributed by atoms with E-state index in [0.717, 1.165) is 25.7 Å². The van der Waals surface area contributed by atoms with Crippen LogP contribution in [0.4, 0.5) is 0 Å². The molecule has 11 rings (SSSR count). The second-order valence-electron chi connectivity index (χ2n) is 30.5. The van der Waals surface area contributed by atoms with Crippen molar-refractivity contribution in [3.05, 3.63) is 11.6 Å². The summed E-state index contributed by atoms with van der Waals surface area (Å²) in [5, 5.41) is 173. The van der Waals surface area contributed by atoms with Crippen LogP contribution in [0.2, 0.25) is 0 Å². The minimum atomic E-state index is -1.93. The smallest absolute Gasteiger partial charge is 0.315 e. The van der Waals surface area contributed by atoms with Crippen LogP contribution in [0.1, 0.15) is 120 Å². The van der Waals surface area contributed by atoms with Crippen molar-refractivity contribution in [2.75, 3.05) is 33.0 Å². The predicted octanol–water partition coefficient (Wildman–Crippen LogP) is -3.44. The van der Waals surface area contributed by atoms with E-state index in [1.54, 1.807) is 0 Å². The summed E-state index contributed by atoms with van der Waals surface area (Å²) in [6.07, 6.45) is -34.9. The zero-order chi connectivity index (χ0) is 66.9. The molecule has 11 aliphatic rings. The molecule has 0 unspecified atom stereocenters. The van der Waals surface area contributed by atoms with Crippen LogP contribution >= 0.6 is 0 Å². The van der Waals surface area contributed by atoms with E-state index >= 15 is 4.79 Å². The number of carbonyl (C=O) groups excluding carboxylic acids is 1. The van der Waals surface area contributed by atoms with Crippen LogP contribution in [0, 0.1) is 50.2 Å². The first-order chi connectivity index (χ1) is 43.2. The van der Waals surface area contributed by atoms with Gasteiger partial charge < -0.3 is 139 Å². The average molecular weight is 1320 g/mol. The molecule has 0 aromatic heterocycles. The van der Waals surface area contributed by atoms with Crippen LogP contribution < -0.4 is 0 Å². The van der Waals surface area contributed by atoms with Gasteiger partial charge in [0.2, 0.25) is 6.29 Å².